The molecule has 1 amide bonds. The molecule has 7 heteroatoms. The third kappa shape index (κ3) is 4.78. The number of carbonyl (C=O) groups is 1. The number of aliphatic hydroxyl groups excluding tert-OH is 2. The largest absolute Gasteiger partial charge is 0.445 e. The number of alkyl carbamates (subject to hydrolysis) is 1. The van der Waals surface area contributed by atoms with Crippen LogP contribution in [0.5, 0.6) is 0 Å². The summed E-state index contributed by atoms with van der Waals surface area (Å²) in [6.45, 7) is 0.375. The molecule has 0 saturated heterocycles. The summed E-state index contributed by atoms with van der Waals surface area (Å²) in [7, 11) is 0. The van der Waals surface area contributed by atoms with Gasteiger partial charge in [-0.15, -0.1) is 11.3 Å². The standard InChI is InChI=1S/C19H20N2O4S/c22-15(17(23)18-21-14-8-4-5-9-16(14)26-18)10-11-20-19(24)25-12-13-6-2-1-3-7-13/h1-9,15,17,22-23H,10-12H2,(H,20,24). The number of hydrogen-bond acceptors (Lipinski definition) is 6. The lowest BCUT2D eigenvalue weighted by atomic mass is 10.1. The minimum absolute atomic E-state index is 0.184. The fourth-order valence-electron chi connectivity index (χ4n) is 2.44. The Bertz CT molecular complexity index is 820. The Balaban J connectivity index is 1.43. The second kappa shape index (κ2) is 8.75. The molecule has 3 rings (SSSR count). The maximum Gasteiger partial charge on any atom is 0.407 e. The molecule has 0 radical (unpaired) electrons. The van der Waals surface area contributed by atoms with E-state index in [0.29, 0.717) is 5.01 Å². The normalized spacial score (nSPS) is 13.3. The number of aliphatic hydroxyl groups is 2. The van der Waals surface area contributed by atoms with E-state index < -0.39 is 18.3 Å². The van der Waals surface area contributed by atoms with Gasteiger partial charge >= 0.3 is 6.09 Å². The highest BCUT2D eigenvalue weighted by molar-refractivity contribution is 7.18. The number of benzene rings is 2. The second-order valence-electron chi connectivity index (χ2n) is 5.81. The third-order valence-corrected chi connectivity index (χ3v) is 4.96. The lowest BCUT2D eigenvalue weighted by molar-refractivity contribution is 0.0136. The Morgan fingerprint density at radius 2 is 1.85 bits per heavy atom. The van der Waals surface area contributed by atoms with E-state index in [0.717, 1.165) is 15.8 Å². The zero-order chi connectivity index (χ0) is 18.4. The number of rotatable bonds is 7. The van der Waals surface area contributed by atoms with E-state index in [1.807, 2.05) is 54.6 Å². The number of nitrogens with one attached hydrogen (secondary N) is 1. The molecule has 2 aromatic carbocycles. The van der Waals surface area contributed by atoms with E-state index in [9.17, 15) is 15.0 Å². The summed E-state index contributed by atoms with van der Waals surface area (Å²) in [5.41, 5.74) is 1.69. The molecule has 3 aromatic rings. The van der Waals surface area contributed by atoms with E-state index in [1.54, 1.807) is 0 Å². The summed E-state index contributed by atoms with van der Waals surface area (Å²) >= 11 is 1.35. The van der Waals surface area contributed by atoms with Crippen molar-refractivity contribution in [2.75, 3.05) is 6.54 Å². The van der Waals surface area contributed by atoms with E-state index in [-0.39, 0.29) is 19.6 Å². The summed E-state index contributed by atoms with van der Waals surface area (Å²) in [4.78, 5) is 16.0. The lowest BCUT2D eigenvalue weighted by Crippen LogP contribution is -2.29. The van der Waals surface area contributed by atoms with Crippen molar-refractivity contribution in [2.45, 2.75) is 25.2 Å². The highest BCUT2D eigenvalue weighted by Gasteiger charge is 2.22. The van der Waals surface area contributed by atoms with Crippen LogP contribution in [-0.4, -0.2) is 33.9 Å². The van der Waals surface area contributed by atoms with E-state index >= 15 is 0 Å². The molecule has 26 heavy (non-hydrogen) atoms. The monoisotopic (exact) mass is 372 g/mol. The van der Waals surface area contributed by atoms with Crippen molar-refractivity contribution in [3.05, 3.63) is 65.2 Å². The van der Waals surface area contributed by atoms with Gasteiger partial charge in [0.2, 0.25) is 0 Å². The smallest absolute Gasteiger partial charge is 0.407 e. The van der Waals surface area contributed by atoms with Crippen LogP contribution in [0.1, 0.15) is 23.1 Å². The van der Waals surface area contributed by atoms with E-state index in [4.69, 9.17) is 4.74 Å². The SMILES string of the molecule is O=C(NCCC(O)C(O)c1nc2ccccc2s1)OCc1ccccc1. The van der Waals surface area contributed by atoms with Crippen molar-refractivity contribution in [3.63, 3.8) is 0 Å². The third-order valence-electron chi connectivity index (χ3n) is 3.85. The van der Waals surface area contributed by atoms with Crippen molar-refractivity contribution in [2.24, 2.45) is 0 Å². The van der Waals surface area contributed by atoms with Crippen LogP contribution in [-0.2, 0) is 11.3 Å². The molecule has 1 heterocycles. The average molecular weight is 372 g/mol. The first-order valence-corrected chi connectivity index (χ1v) is 9.11. The fraction of sp³-hybridized carbons (Fsp3) is 0.263. The Hall–Kier alpha value is -2.48. The number of aromatic nitrogens is 1. The molecule has 2 atom stereocenters. The molecule has 0 aliphatic carbocycles. The molecule has 3 N–H and O–H groups in total. The predicted octanol–water partition coefficient (Wildman–Crippen LogP) is 3.01. The first-order valence-electron chi connectivity index (χ1n) is 8.29. The van der Waals surface area contributed by atoms with Gasteiger partial charge in [-0.3, -0.25) is 0 Å². The summed E-state index contributed by atoms with van der Waals surface area (Å²) in [5, 5.41) is 23.4. The van der Waals surface area contributed by atoms with Gasteiger partial charge in [-0.1, -0.05) is 42.5 Å². The summed E-state index contributed by atoms with van der Waals surface area (Å²) in [6, 6.07) is 16.9. The Morgan fingerprint density at radius 1 is 1.12 bits per heavy atom. The van der Waals surface area contributed by atoms with Gasteiger partial charge in [-0.05, 0) is 24.1 Å². The number of thiazole rings is 1. The molecule has 136 valence electrons. The number of para-hydroxylation sites is 1. The number of ether oxygens (including phenoxy) is 1. The quantitative estimate of drug-likeness (QED) is 0.593. The van der Waals surface area contributed by atoms with Crippen LogP contribution in [0.15, 0.2) is 54.6 Å². The molecular formula is C19H20N2O4S. The molecular weight excluding hydrogens is 352 g/mol. The summed E-state index contributed by atoms with van der Waals surface area (Å²) in [6.07, 6.45) is -2.48. The van der Waals surface area contributed by atoms with Gasteiger partial charge in [0.25, 0.3) is 0 Å². The number of hydrogen-bond donors (Lipinski definition) is 3. The van der Waals surface area contributed by atoms with Crippen LogP contribution in [0, 0.1) is 0 Å². The highest BCUT2D eigenvalue weighted by Crippen LogP contribution is 2.28. The van der Waals surface area contributed by atoms with Crippen LogP contribution in [0.3, 0.4) is 0 Å². The average Bonchev–Trinajstić information content (AvgIpc) is 3.10. The van der Waals surface area contributed by atoms with Crippen LogP contribution in [0.4, 0.5) is 4.79 Å². The van der Waals surface area contributed by atoms with Gasteiger partial charge in [0, 0.05) is 6.54 Å². The van der Waals surface area contributed by atoms with E-state index in [1.165, 1.54) is 11.3 Å². The van der Waals surface area contributed by atoms with Crippen molar-refractivity contribution in [1.29, 1.82) is 0 Å². The van der Waals surface area contributed by atoms with Crippen LogP contribution in [0.2, 0.25) is 0 Å². The van der Waals surface area contributed by atoms with Crippen LogP contribution in [0.25, 0.3) is 10.2 Å². The number of nitrogens with zero attached hydrogens (tertiary/aromatic N) is 1. The topological polar surface area (TPSA) is 91.7 Å². The number of amides is 1. The molecule has 0 aliphatic rings. The van der Waals surface area contributed by atoms with Crippen molar-refractivity contribution in [1.82, 2.24) is 10.3 Å². The fourth-order valence-corrected chi connectivity index (χ4v) is 3.45. The van der Waals surface area contributed by atoms with Gasteiger partial charge in [-0.25, -0.2) is 9.78 Å². The highest BCUT2D eigenvalue weighted by atomic mass is 32.1. The van der Waals surface area contributed by atoms with Crippen LogP contribution < -0.4 is 5.32 Å². The molecule has 6 nitrogen and oxygen atoms in total. The summed E-state index contributed by atoms with van der Waals surface area (Å²) < 4.78 is 6.05. The maximum absolute atomic E-state index is 11.7. The first-order chi connectivity index (χ1) is 12.6. The molecule has 1 aromatic heterocycles. The van der Waals surface area contributed by atoms with E-state index in [2.05, 4.69) is 10.3 Å². The van der Waals surface area contributed by atoms with Gasteiger partial charge in [0.1, 0.15) is 17.7 Å². The Morgan fingerprint density at radius 3 is 2.62 bits per heavy atom. The minimum Gasteiger partial charge on any atom is -0.445 e. The van der Waals surface area contributed by atoms with Crippen LogP contribution >= 0.6 is 11.3 Å². The molecule has 0 bridgehead atoms. The lowest BCUT2D eigenvalue weighted by Gasteiger charge is -2.15. The van der Waals surface area contributed by atoms with Gasteiger partial charge in [0.05, 0.1) is 16.3 Å². The maximum atomic E-state index is 11.7. The second-order valence-corrected chi connectivity index (χ2v) is 6.87. The number of carbonyl (C=O) groups excluding carboxylic acids is 1. The molecule has 0 saturated carbocycles. The molecule has 0 spiro atoms. The van der Waals surface area contributed by atoms with Crippen molar-refractivity contribution >= 4 is 27.6 Å². The Labute approximate surface area is 155 Å². The number of fused-ring (bicyclic) bond motifs is 1. The molecule has 0 aliphatic heterocycles. The minimum atomic E-state index is -1.09. The van der Waals surface area contributed by atoms with Crippen molar-refractivity contribution < 1.29 is 19.7 Å². The summed E-state index contributed by atoms with van der Waals surface area (Å²) in [5.74, 6) is 0. The zero-order valence-electron chi connectivity index (χ0n) is 14.0. The first kappa shape index (κ1) is 18.3. The van der Waals surface area contributed by atoms with Gasteiger partial charge in [0.15, 0.2) is 0 Å². The van der Waals surface area contributed by atoms with Gasteiger partial charge in [-0.2, -0.15) is 0 Å². The zero-order valence-corrected chi connectivity index (χ0v) is 14.9. The Kier molecular flexibility index (Phi) is 6.17. The van der Waals surface area contributed by atoms with Gasteiger partial charge < -0.3 is 20.3 Å². The molecule has 2 unspecified atom stereocenters. The molecule has 0 fully saturated rings. The predicted molar refractivity (Wildman–Crippen MR) is 99.8 cm³/mol. The van der Waals surface area contributed by atoms with Crippen molar-refractivity contribution in [3.8, 4) is 0 Å².